The van der Waals surface area contributed by atoms with Gasteiger partial charge in [-0.3, -0.25) is 4.79 Å². The van der Waals surface area contributed by atoms with Crippen LogP contribution in [-0.4, -0.2) is 52.9 Å². The van der Waals surface area contributed by atoms with Gasteiger partial charge in [0.15, 0.2) is 17.3 Å². The summed E-state index contributed by atoms with van der Waals surface area (Å²) in [7, 11) is 3.85. The lowest BCUT2D eigenvalue weighted by molar-refractivity contribution is -0.130. The highest BCUT2D eigenvalue weighted by molar-refractivity contribution is 7.00. The van der Waals surface area contributed by atoms with E-state index in [2.05, 4.69) is 8.75 Å². The standard InChI is InChI=1S/C27H23N3O5S/c1-30(2)19-5-3-4-16(12-19)13-20(26(31)18-7-9-23-24(15-18)35-11-10-34-23)25(27(32)33)17-6-8-21-22(14-17)29-36-28-21/h3-9,12,14-15H,10-11,13H2,1-2H3,(H,32,33). The summed E-state index contributed by atoms with van der Waals surface area (Å²) in [5, 5.41) is 10.3. The maximum Gasteiger partial charge on any atom is 0.336 e. The second-order valence-corrected chi connectivity index (χ2v) is 9.08. The smallest absolute Gasteiger partial charge is 0.336 e. The first kappa shape index (κ1) is 23.5. The van der Waals surface area contributed by atoms with Crippen molar-refractivity contribution in [1.29, 1.82) is 0 Å². The summed E-state index contributed by atoms with van der Waals surface area (Å²) < 4.78 is 19.7. The Morgan fingerprint density at radius 1 is 0.917 bits per heavy atom. The molecule has 1 aromatic heterocycles. The molecule has 0 unspecified atom stereocenters. The molecule has 0 spiro atoms. The van der Waals surface area contributed by atoms with E-state index in [1.807, 2.05) is 43.3 Å². The topological polar surface area (TPSA) is 102 Å². The van der Waals surface area contributed by atoms with Crippen LogP contribution < -0.4 is 14.4 Å². The van der Waals surface area contributed by atoms with Gasteiger partial charge in [-0.25, -0.2) is 4.79 Å². The number of carbonyl (C=O) groups is 2. The van der Waals surface area contributed by atoms with Gasteiger partial charge in [0.25, 0.3) is 0 Å². The third-order valence-electron chi connectivity index (χ3n) is 5.94. The molecule has 1 aliphatic heterocycles. The molecule has 0 radical (unpaired) electrons. The second kappa shape index (κ2) is 9.79. The molecule has 3 aromatic carbocycles. The number of hydrogen-bond acceptors (Lipinski definition) is 8. The molecule has 0 saturated carbocycles. The molecule has 5 rings (SSSR count). The average Bonchev–Trinajstić information content (AvgIpc) is 3.35. The van der Waals surface area contributed by atoms with Crippen LogP contribution in [0.25, 0.3) is 16.6 Å². The normalized spacial score (nSPS) is 13.3. The number of allylic oxidation sites excluding steroid dienone is 1. The lowest BCUT2D eigenvalue weighted by Gasteiger charge is -2.19. The van der Waals surface area contributed by atoms with E-state index in [0.717, 1.165) is 23.0 Å². The Balaban J connectivity index is 1.67. The van der Waals surface area contributed by atoms with E-state index in [1.54, 1.807) is 36.4 Å². The number of carbonyl (C=O) groups excluding carboxylic acids is 1. The number of ether oxygens (including phenoxy) is 2. The van der Waals surface area contributed by atoms with Crippen LogP contribution in [0.4, 0.5) is 5.69 Å². The van der Waals surface area contributed by atoms with Gasteiger partial charge in [0.05, 0.1) is 17.3 Å². The highest BCUT2D eigenvalue weighted by Gasteiger charge is 2.26. The Hall–Kier alpha value is -4.24. The first-order chi connectivity index (χ1) is 17.4. The fraction of sp³-hybridized carbons (Fsp3) is 0.185. The van der Waals surface area contributed by atoms with Gasteiger partial charge in [-0.1, -0.05) is 18.2 Å². The summed E-state index contributed by atoms with van der Waals surface area (Å²) in [5.74, 6) is -0.562. The van der Waals surface area contributed by atoms with Crippen molar-refractivity contribution in [1.82, 2.24) is 8.75 Å². The summed E-state index contributed by atoms with van der Waals surface area (Å²) in [5.41, 5.74) is 3.84. The molecule has 9 heteroatoms. The number of fused-ring (bicyclic) bond motifs is 2. The summed E-state index contributed by atoms with van der Waals surface area (Å²) in [6.45, 7) is 0.817. The maximum atomic E-state index is 13.9. The van der Waals surface area contributed by atoms with E-state index < -0.39 is 11.8 Å². The number of carboxylic acids is 1. The average molecular weight is 502 g/mol. The van der Waals surface area contributed by atoms with Crippen LogP contribution in [0.15, 0.2) is 66.2 Å². The second-order valence-electron chi connectivity index (χ2n) is 8.56. The van der Waals surface area contributed by atoms with E-state index in [1.165, 1.54) is 0 Å². The van der Waals surface area contributed by atoms with E-state index in [4.69, 9.17) is 9.47 Å². The number of anilines is 1. The van der Waals surface area contributed by atoms with Gasteiger partial charge < -0.3 is 19.5 Å². The number of aromatic nitrogens is 2. The van der Waals surface area contributed by atoms with Crippen molar-refractivity contribution in [2.24, 2.45) is 0 Å². The van der Waals surface area contributed by atoms with Crippen LogP contribution in [0.3, 0.4) is 0 Å². The van der Waals surface area contributed by atoms with Gasteiger partial charge in [-0.2, -0.15) is 8.75 Å². The predicted molar refractivity (Wildman–Crippen MR) is 138 cm³/mol. The summed E-state index contributed by atoms with van der Waals surface area (Å²) in [4.78, 5) is 28.5. The van der Waals surface area contributed by atoms with Crippen molar-refractivity contribution < 1.29 is 24.2 Å². The SMILES string of the molecule is CN(C)c1cccc(CC(C(=O)c2ccc3c(c2)OCCO3)=C(C(=O)O)c2ccc3nsnc3c2)c1. The van der Waals surface area contributed by atoms with Gasteiger partial charge in [0.1, 0.15) is 24.2 Å². The first-order valence-corrected chi connectivity index (χ1v) is 12.0. The van der Waals surface area contributed by atoms with Crippen molar-refractivity contribution in [2.75, 3.05) is 32.2 Å². The molecule has 4 aromatic rings. The zero-order valence-corrected chi connectivity index (χ0v) is 20.5. The summed E-state index contributed by atoms with van der Waals surface area (Å²) in [6, 6.07) is 17.7. The lowest BCUT2D eigenvalue weighted by Crippen LogP contribution is -2.17. The van der Waals surface area contributed by atoms with Crippen LogP contribution in [0.5, 0.6) is 11.5 Å². The van der Waals surface area contributed by atoms with Crippen LogP contribution >= 0.6 is 11.7 Å². The number of nitrogens with zero attached hydrogens (tertiary/aromatic N) is 3. The summed E-state index contributed by atoms with van der Waals surface area (Å²) in [6.07, 6.45) is 0.129. The van der Waals surface area contributed by atoms with E-state index in [0.29, 0.717) is 46.9 Å². The van der Waals surface area contributed by atoms with Crippen molar-refractivity contribution in [3.8, 4) is 11.5 Å². The molecule has 8 nitrogen and oxygen atoms in total. The van der Waals surface area contributed by atoms with Crippen molar-refractivity contribution in [3.05, 3.63) is 82.9 Å². The molecule has 0 bridgehead atoms. The van der Waals surface area contributed by atoms with Gasteiger partial charge in [-0.05, 0) is 53.6 Å². The zero-order valence-electron chi connectivity index (χ0n) is 19.7. The summed E-state index contributed by atoms with van der Waals surface area (Å²) >= 11 is 1.05. The molecule has 2 heterocycles. The minimum atomic E-state index is -1.19. The van der Waals surface area contributed by atoms with E-state index in [-0.39, 0.29) is 17.6 Å². The third kappa shape index (κ3) is 4.65. The van der Waals surface area contributed by atoms with Crippen LogP contribution in [0, 0.1) is 0 Å². The predicted octanol–water partition coefficient (Wildman–Crippen LogP) is 4.49. The number of ketones is 1. The fourth-order valence-corrected chi connectivity index (χ4v) is 4.67. The Bertz CT molecular complexity index is 1510. The van der Waals surface area contributed by atoms with Crippen LogP contribution in [0.1, 0.15) is 21.5 Å². The van der Waals surface area contributed by atoms with Gasteiger partial charge in [-0.15, -0.1) is 0 Å². The Morgan fingerprint density at radius 3 is 2.44 bits per heavy atom. The molecule has 0 fully saturated rings. The number of hydrogen-bond donors (Lipinski definition) is 1. The molecule has 36 heavy (non-hydrogen) atoms. The molecule has 0 atom stereocenters. The van der Waals surface area contributed by atoms with Gasteiger partial charge >= 0.3 is 5.97 Å². The maximum absolute atomic E-state index is 13.9. The fourth-order valence-electron chi connectivity index (χ4n) is 4.15. The highest BCUT2D eigenvalue weighted by Crippen LogP contribution is 2.34. The molecular formula is C27H23N3O5S. The van der Waals surface area contributed by atoms with E-state index >= 15 is 0 Å². The number of aliphatic carboxylic acids is 1. The number of Topliss-reactive ketones (excluding diaryl/α,β-unsaturated/α-hetero) is 1. The largest absolute Gasteiger partial charge is 0.486 e. The van der Waals surface area contributed by atoms with Crippen LogP contribution in [-0.2, 0) is 11.2 Å². The van der Waals surface area contributed by atoms with Crippen molar-refractivity contribution in [3.63, 3.8) is 0 Å². The molecule has 0 saturated heterocycles. The van der Waals surface area contributed by atoms with Gasteiger partial charge in [0, 0.05) is 37.3 Å². The minimum Gasteiger partial charge on any atom is -0.486 e. The number of carboxylic acid groups (broad SMARTS) is 1. The highest BCUT2D eigenvalue weighted by atomic mass is 32.1. The monoisotopic (exact) mass is 501 g/mol. The minimum absolute atomic E-state index is 0.0694. The van der Waals surface area contributed by atoms with Gasteiger partial charge in [0.2, 0.25) is 0 Å². The first-order valence-electron chi connectivity index (χ1n) is 11.3. The van der Waals surface area contributed by atoms with Crippen LogP contribution in [0.2, 0.25) is 0 Å². The molecule has 1 N–H and O–H groups in total. The molecule has 182 valence electrons. The molecule has 0 amide bonds. The van der Waals surface area contributed by atoms with Crippen molar-refractivity contribution in [2.45, 2.75) is 6.42 Å². The Labute approximate surface area is 211 Å². The molecular weight excluding hydrogens is 478 g/mol. The number of benzene rings is 3. The van der Waals surface area contributed by atoms with Crippen molar-refractivity contribution >= 4 is 45.8 Å². The Kier molecular flexibility index (Phi) is 6.39. The lowest BCUT2D eigenvalue weighted by atomic mass is 9.89. The third-order valence-corrected chi connectivity index (χ3v) is 6.50. The molecule has 0 aliphatic carbocycles. The van der Waals surface area contributed by atoms with E-state index in [9.17, 15) is 14.7 Å². The zero-order chi connectivity index (χ0) is 25.2. The number of rotatable bonds is 7. The quantitative estimate of drug-likeness (QED) is 0.292. The Morgan fingerprint density at radius 2 is 1.67 bits per heavy atom. The molecule has 1 aliphatic rings.